The summed E-state index contributed by atoms with van der Waals surface area (Å²) in [6.07, 6.45) is 14.4. The molecule has 2 aromatic rings. The molecule has 3 fully saturated rings. The SMILES string of the molecule is O=C1CCC(N2Cc3c(SCc4ccc(CN(C5CCCCC5)C5CCCCC5)cc4)cccc3C2=O)C(=O)N1. The van der Waals surface area contributed by atoms with Gasteiger partial charge in [0.1, 0.15) is 6.04 Å². The first-order valence-corrected chi connectivity index (χ1v) is 16.3. The third kappa shape index (κ3) is 6.01. The summed E-state index contributed by atoms with van der Waals surface area (Å²) in [7, 11) is 0. The monoisotopic (exact) mass is 559 g/mol. The molecule has 6 rings (SSSR count). The van der Waals surface area contributed by atoms with Crippen LogP contribution in [0, 0.1) is 0 Å². The summed E-state index contributed by atoms with van der Waals surface area (Å²) in [4.78, 5) is 42.7. The van der Waals surface area contributed by atoms with Gasteiger partial charge in [-0.1, -0.05) is 68.9 Å². The molecular weight excluding hydrogens is 518 g/mol. The van der Waals surface area contributed by atoms with Gasteiger partial charge in [0.15, 0.2) is 0 Å². The molecular formula is C33H41N3O3S. The first kappa shape index (κ1) is 27.5. The lowest BCUT2D eigenvalue weighted by Gasteiger charge is -2.41. The number of rotatable bonds is 8. The molecule has 0 bridgehead atoms. The van der Waals surface area contributed by atoms with Crippen molar-refractivity contribution in [3.8, 4) is 0 Å². The van der Waals surface area contributed by atoms with E-state index in [-0.39, 0.29) is 24.1 Å². The molecule has 6 nitrogen and oxygen atoms in total. The Morgan fingerprint density at radius 3 is 2.10 bits per heavy atom. The molecule has 2 aliphatic carbocycles. The fraction of sp³-hybridized carbons (Fsp3) is 0.545. The smallest absolute Gasteiger partial charge is 0.255 e. The molecule has 0 aromatic heterocycles. The van der Waals surface area contributed by atoms with E-state index in [2.05, 4.69) is 40.5 Å². The fourth-order valence-corrected chi connectivity index (χ4v) is 8.23. The van der Waals surface area contributed by atoms with Crippen molar-refractivity contribution in [2.45, 2.75) is 119 Å². The van der Waals surface area contributed by atoms with Crippen LogP contribution in [0.15, 0.2) is 47.4 Å². The van der Waals surface area contributed by atoms with E-state index in [1.54, 1.807) is 16.7 Å². The number of thioether (sulfide) groups is 1. The predicted octanol–water partition coefficient (Wildman–Crippen LogP) is 6.21. The van der Waals surface area contributed by atoms with Crippen LogP contribution in [0.4, 0.5) is 0 Å². The van der Waals surface area contributed by atoms with Crippen LogP contribution in [0.3, 0.4) is 0 Å². The van der Waals surface area contributed by atoms with Crippen molar-refractivity contribution in [3.05, 3.63) is 64.7 Å². The van der Waals surface area contributed by atoms with Crippen molar-refractivity contribution >= 4 is 29.5 Å². The maximum absolute atomic E-state index is 13.2. The topological polar surface area (TPSA) is 69.7 Å². The van der Waals surface area contributed by atoms with Crippen LogP contribution in [-0.2, 0) is 28.4 Å². The van der Waals surface area contributed by atoms with Crippen LogP contribution in [0.2, 0.25) is 0 Å². The Hall–Kier alpha value is -2.64. The molecule has 2 aromatic carbocycles. The third-order valence-electron chi connectivity index (χ3n) is 9.41. The summed E-state index contributed by atoms with van der Waals surface area (Å²) in [5.41, 5.74) is 4.36. The van der Waals surface area contributed by atoms with E-state index < -0.39 is 6.04 Å². The molecule has 1 saturated heterocycles. The van der Waals surface area contributed by atoms with Crippen LogP contribution in [0.5, 0.6) is 0 Å². The van der Waals surface area contributed by atoms with E-state index in [1.807, 2.05) is 12.1 Å². The number of carbonyl (C=O) groups is 3. The fourth-order valence-electron chi connectivity index (χ4n) is 7.19. The maximum atomic E-state index is 13.2. The summed E-state index contributed by atoms with van der Waals surface area (Å²) < 4.78 is 0. The van der Waals surface area contributed by atoms with E-state index in [0.29, 0.717) is 18.5 Å². The van der Waals surface area contributed by atoms with Crippen molar-refractivity contribution in [1.29, 1.82) is 0 Å². The zero-order chi connectivity index (χ0) is 27.5. The molecule has 1 N–H and O–H groups in total. The minimum absolute atomic E-state index is 0.114. The second kappa shape index (κ2) is 12.5. The lowest BCUT2D eigenvalue weighted by molar-refractivity contribution is -0.136. The van der Waals surface area contributed by atoms with Crippen molar-refractivity contribution in [2.75, 3.05) is 0 Å². The second-order valence-electron chi connectivity index (χ2n) is 12.0. The van der Waals surface area contributed by atoms with Crippen molar-refractivity contribution in [3.63, 3.8) is 0 Å². The first-order chi connectivity index (χ1) is 19.6. The Bertz CT molecular complexity index is 1220. The van der Waals surface area contributed by atoms with Gasteiger partial charge in [0.2, 0.25) is 11.8 Å². The molecule has 4 aliphatic rings. The number of nitrogens with zero attached hydrogens (tertiary/aromatic N) is 2. The van der Waals surface area contributed by atoms with Crippen molar-refractivity contribution < 1.29 is 14.4 Å². The van der Waals surface area contributed by atoms with Gasteiger partial charge in [-0.25, -0.2) is 0 Å². The Morgan fingerprint density at radius 1 is 0.800 bits per heavy atom. The standard InChI is InChI=1S/C33H41N3O3S/c37-31-19-18-29(32(38)34-31)36-21-28-27(33(36)39)12-7-13-30(28)40-22-24-16-14-23(15-17-24)20-35(25-8-3-1-4-9-25)26-10-5-2-6-11-26/h7,12-17,25-26,29H,1-6,8-11,18-22H2,(H,34,37,38). The van der Waals surface area contributed by atoms with E-state index in [4.69, 9.17) is 0 Å². The molecule has 2 aliphatic heterocycles. The Morgan fingerprint density at radius 2 is 1.45 bits per heavy atom. The van der Waals surface area contributed by atoms with Crippen LogP contribution >= 0.6 is 11.8 Å². The van der Waals surface area contributed by atoms with E-state index in [1.165, 1.54) is 75.3 Å². The quantitative estimate of drug-likeness (QED) is 0.308. The number of carbonyl (C=O) groups excluding carboxylic acids is 3. The lowest BCUT2D eigenvalue weighted by Crippen LogP contribution is -2.52. The van der Waals surface area contributed by atoms with Gasteiger partial charge in [-0.15, -0.1) is 11.8 Å². The highest BCUT2D eigenvalue weighted by molar-refractivity contribution is 7.98. The molecule has 7 heteroatoms. The Labute approximate surface area is 242 Å². The van der Waals surface area contributed by atoms with Gasteiger partial charge in [-0.3, -0.25) is 24.6 Å². The molecule has 1 atom stereocenters. The van der Waals surface area contributed by atoms with E-state index >= 15 is 0 Å². The predicted molar refractivity (Wildman–Crippen MR) is 158 cm³/mol. The molecule has 2 saturated carbocycles. The highest BCUT2D eigenvalue weighted by Gasteiger charge is 2.39. The van der Waals surface area contributed by atoms with Gasteiger partial charge >= 0.3 is 0 Å². The van der Waals surface area contributed by atoms with Crippen LogP contribution in [0.1, 0.15) is 104 Å². The van der Waals surface area contributed by atoms with Gasteiger partial charge in [0.05, 0.1) is 0 Å². The van der Waals surface area contributed by atoms with E-state index in [0.717, 1.165) is 34.8 Å². The molecule has 0 radical (unpaired) electrons. The average Bonchev–Trinajstić information content (AvgIpc) is 3.33. The molecule has 2 heterocycles. The van der Waals surface area contributed by atoms with Gasteiger partial charge in [0.25, 0.3) is 5.91 Å². The largest absolute Gasteiger partial charge is 0.322 e. The Balaban J connectivity index is 1.10. The average molecular weight is 560 g/mol. The van der Waals surface area contributed by atoms with Gasteiger partial charge in [0, 0.05) is 47.8 Å². The van der Waals surface area contributed by atoms with Gasteiger partial charge in [-0.2, -0.15) is 0 Å². The summed E-state index contributed by atoms with van der Waals surface area (Å²) in [5, 5.41) is 2.39. The summed E-state index contributed by atoms with van der Waals surface area (Å²) in [6.45, 7) is 1.48. The highest BCUT2D eigenvalue weighted by atomic mass is 32.2. The summed E-state index contributed by atoms with van der Waals surface area (Å²) in [6, 6.07) is 15.9. The number of piperidine rings is 1. The van der Waals surface area contributed by atoms with Crippen LogP contribution in [-0.4, -0.2) is 45.6 Å². The number of nitrogens with one attached hydrogen (secondary N) is 1. The third-order valence-corrected chi connectivity index (χ3v) is 10.6. The number of hydrogen-bond donors (Lipinski definition) is 1. The molecule has 3 amide bonds. The van der Waals surface area contributed by atoms with Crippen LogP contribution < -0.4 is 5.32 Å². The minimum atomic E-state index is -0.579. The zero-order valence-corrected chi connectivity index (χ0v) is 24.2. The number of hydrogen-bond acceptors (Lipinski definition) is 5. The lowest BCUT2D eigenvalue weighted by atomic mass is 9.88. The van der Waals surface area contributed by atoms with Gasteiger partial charge in [-0.05, 0) is 60.9 Å². The van der Waals surface area contributed by atoms with Gasteiger partial charge < -0.3 is 4.90 Å². The minimum Gasteiger partial charge on any atom is -0.322 e. The molecule has 1 unspecified atom stereocenters. The summed E-state index contributed by atoms with van der Waals surface area (Å²) >= 11 is 1.75. The van der Waals surface area contributed by atoms with Crippen molar-refractivity contribution in [2.24, 2.45) is 0 Å². The second-order valence-corrected chi connectivity index (χ2v) is 13.1. The maximum Gasteiger partial charge on any atom is 0.255 e. The number of fused-ring (bicyclic) bond motifs is 1. The van der Waals surface area contributed by atoms with Crippen molar-refractivity contribution in [1.82, 2.24) is 15.1 Å². The Kier molecular flexibility index (Phi) is 8.59. The number of imide groups is 1. The first-order valence-electron chi connectivity index (χ1n) is 15.3. The normalized spacial score (nSPS) is 22.6. The molecule has 40 heavy (non-hydrogen) atoms. The summed E-state index contributed by atoms with van der Waals surface area (Å²) in [5.74, 6) is 0.0931. The van der Waals surface area contributed by atoms with E-state index in [9.17, 15) is 14.4 Å². The zero-order valence-electron chi connectivity index (χ0n) is 23.4. The number of benzene rings is 2. The van der Waals surface area contributed by atoms with Crippen LogP contribution in [0.25, 0.3) is 0 Å². The highest BCUT2D eigenvalue weighted by Crippen LogP contribution is 2.36. The molecule has 0 spiro atoms. The molecule has 212 valence electrons. The number of amides is 3.